The number of hydrogen-bond acceptors (Lipinski definition) is 6. The van der Waals surface area contributed by atoms with Crippen molar-refractivity contribution < 1.29 is 9.84 Å². The van der Waals surface area contributed by atoms with E-state index in [0.717, 1.165) is 62.8 Å². The number of nitrogens with zero attached hydrogens (tertiary/aromatic N) is 5. The lowest BCUT2D eigenvalue weighted by Crippen LogP contribution is -2.13. The van der Waals surface area contributed by atoms with Gasteiger partial charge in [0, 0.05) is 17.8 Å². The molecule has 7 nitrogen and oxygen atoms in total. The Morgan fingerprint density at radius 1 is 0.900 bits per heavy atom. The summed E-state index contributed by atoms with van der Waals surface area (Å²) in [6, 6.07) is 16.9. The van der Waals surface area contributed by atoms with Crippen LogP contribution < -0.4 is 4.74 Å². The molecule has 40 heavy (non-hydrogen) atoms. The first-order valence-corrected chi connectivity index (χ1v) is 15.0. The number of aryl methyl sites for hydroxylation is 2. The van der Waals surface area contributed by atoms with Gasteiger partial charge in [0.1, 0.15) is 33.2 Å². The molecule has 0 atom stereocenters. The predicted octanol–water partition coefficient (Wildman–Crippen LogP) is 8.27. The smallest absolute Gasteiger partial charge is 0.165 e. The van der Waals surface area contributed by atoms with E-state index in [1.807, 2.05) is 44.2 Å². The number of rotatable bonds is 1. The summed E-state index contributed by atoms with van der Waals surface area (Å²) in [6.45, 7) is 4.41. The predicted molar refractivity (Wildman–Crippen MR) is 170 cm³/mol. The highest BCUT2D eigenvalue weighted by molar-refractivity contribution is 14.1. The summed E-state index contributed by atoms with van der Waals surface area (Å²) in [5.41, 5.74) is 9.34. The number of fused-ring (bicyclic) bond motifs is 6. The minimum absolute atomic E-state index is 0.148. The lowest BCUT2D eigenvalue weighted by Gasteiger charge is -2.19. The van der Waals surface area contributed by atoms with Crippen molar-refractivity contribution in [1.82, 2.24) is 24.5 Å². The van der Waals surface area contributed by atoms with Gasteiger partial charge in [-0.05, 0) is 79.6 Å². The van der Waals surface area contributed by atoms with E-state index in [-0.39, 0.29) is 5.75 Å². The molecule has 2 aliphatic rings. The van der Waals surface area contributed by atoms with Crippen LogP contribution in [0.25, 0.3) is 34.1 Å². The highest BCUT2D eigenvalue weighted by Gasteiger charge is 2.22. The molecule has 0 radical (unpaired) electrons. The standard InChI is InChI=1S/C14H10ClN3O.C14H11ClN2O.CH2ClI/c1-8-2-3-10-9(16-8)6-11-14-12(19-7-18(10)11)4-5-13(15)17-14;1-8-2-3-9-6-10(7-11(9)16-8)14-12(18)4-5-13(15)17-14;2-1-3/h2-6H,7H2,1H3;2-5,7,18H,6H2,1H3;1H2. The molecular formula is C29H23Cl3IN5O2. The van der Waals surface area contributed by atoms with Gasteiger partial charge in [-0.2, -0.15) is 0 Å². The van der Waals surface area contributed by atoms with Crippen LogP contribution in [0.15, 0.2) is 54.6 Å². The van der Waals surface area contributed by atoms with Crippen LogP contribution in [0, 0.1) is 13.8 Å². The van der Waals surface area contributed by atoms with Crippen LogP contribution in [0.5, 0.6) is 11.5 Å². The zero-order valence-electron chi connectivity index (χ0n) is 21.5. The van der Waals surface area contributed by atoms with Crippen molar-refractivity contribution in [2.24, 2.45) is 0 Å². The molecule has 0 aromatic carbocycles. The average Bonchev–Trinajstić information content (AvgIpc) is 3.51. The van der Waals surface area contributed by atoms with Gasteiger partial charge in [0.05, 0.1) is 26.3 Å². The third-order valence-electron chi connectivity index (χ3n) is 6.30. The second-order valence-electron chi connectivity index (χ2n) is 9.01. The molecule has 0 unspecified atom stereocenters. The first-order chi connectivity index (χ1) is 19.3. The lowest BCUT2D eigenvalue weighted by molar-refractivity contribution is 0.234. The fourth-order valence-corrected chi connectivity index (χ4v) is 4.85. The van der Waals surface area contributed by atoms with Gasteiger partial charge in [-0.1, -0.05) is 51.9 Å². The Balaban J connectivity index is 0.000000147. The second-order valence-corrected chi connectivity index (χ2v) is 11.7. The highest BCUT2D eigenvalue weighted by Crippen LogP contribution is 2.37. The van der Waals surface area contributed by atoms with Crippen LogP contribution in [0.2, 0.25) is 10.3 Å². The molecule has 11 heteroatoms. The Bertz CT molecular complexity index is 1760. The van der Waals surface area contributed by atoms with Crippen LogP contribution in [0.4, 0.5) is 0 Å². The third-order valence-corrected chi connectivity index (χ3v) is 6.72. The summed E-state index contributed by atoms with van der Waals surface area (Å²) in [6.07, 6.45) is 2.68. The van der Waals surface area contributed by atoms with Gasteiger partial charge in [-0.15, -0.1) is 11.6 Å². The average molecular weight is 707 g/mol. The first-order valence-electron chi connectivity index (χ1n) is 12.2. The summed E-state index contributed by atoms with van der Waals surface area (Å²) in [5, 5.41) is 10.7. The number of hydrogen-bond donors (Lipinski definition) is 1. The Hall–Kier alpha value is -2.92. The largest absolute Gasteiger partial charge is 0.506 e. The molecule has 6 heterocycles. The molecule has 0 amide bonds. The Morgan fingerprint density at radius 2 is 1.57 bits per heavy atom. The molecule has 0 saturated heterocycles. The molecule has 1 N–H and O–H groups in total. The maximum atomic E-state index is 9.85. The summed E-state index contributed by atoms with van der Waals surface area (Å²) >= 11 is 18.9. The minimum atomic E-state index is 0.148. The molecule has 5 aromatic heterocycles. The quantitative estimate of drug-likeness (QED) is 0.107. The highest BCUT2D eigenvalue weighted by atomic mass is 127. The summed E-state index contributed by atoms with van der Waals surface area (Å²) in [5.74, 6) is 0.909. The molecule has 0 spiro atoms. The SMILES string of the molecule is Cc1ccc2c(cc3n2COc2ccc(Cl)nc2-3)n1.Cc1ccc2c(n1)C=C(c1nc(Cl)ccc1O)C2.ClCI. The Kier molecular flexibility index (Phi) is 8.80. The van der Waals surface area contributed by atoms with Gasteiger partial charge in [0.15, 0.2) is 6.73 Å². The maximum Gasteiger partial charge on any atom is 0.165 e. The molecule has 204 valence electrons. The van der Waals surface area contributed by atoms with Gasteiger partial charge in [0.2, 0.25) is 0 Å². The van der Waals surface area contributed by atoms with Crippen molar-refractivity contribution in [2.45, 2.75) is 27.0 Å². The van der Waals surface area contributed by atoms with Crippen LogP contribution in [0.3, 0.4) is 0 Å². The third kappa shape index (κ3) is 6.05. The second kappa shape index (κ2) is 12.3. The minimum Gasteiger partial charge on any atom is -0.506 e. The number of pyridine rings is 4. The normalized spacial score (nSPS) is 12.6. The maximum absolute atomic E-state index is 9.85. The fraction of sp³-hybridized carbons (Fsp3) is 0.172. The Labute approximate surface area is 260 Å². The molecular weight excluding hydrogens is 684 g/mol. The van der Waals surface area contributed by atoms with E-state index in [0.29, 0.717) is 26.6 Å². The monoisotopic (exact) mass is 705 g/mol. The van der Waals surface area contributed by atoms with E-state index < -0.39 is 0 Å². The number of ether oxygens (including phenoxy) is 1. The summed E-state index contributed by atoms with van der Waals surface area (Å²) in [7, 11) is 0. The molecule has 1 aliphatic heterocycles. The van der Waals surface area contributed by atoms with Crippen LogP contribution in [-0.2, 0) is 13.2 Å². The molecule has 5 aromatic rings. The van der Waals surface area contributed by atoms with E-state index in [1.165, 1.54) is 0 Å². The summed E-state index contributed by atoms with van der Waals surface area (Å²) in [4.78, 5) is 17.5. The van der Waals surface area contributed by atoms with Crippen molar-refractivity contribution in [3.63, 3.8) is 0 Å². The van der Waals surface area contributed by atoms with Gasteiger partial charge in [-0.25, -0.2) is 9.97 Å². The van der Waals surface area contributed by atoms with Crippen molar-refractivity contribution in [2.75, 3.05) is 3.89 Å². The first kappa shape index (κ1) is 28.6. The molecule has 0 saturated carbocycles. The van der Waals surface area contributed by atoms with Crippen LogP contribution in [0.1, 0.15) is 28.3 Å². The molecule has 1 aliphatic carbocycles. The van der Waals surface area contributed by atoms with Crippen LogP contribution >= 0.6 is 57.4 Å². The van der Waals surface area contributed by atoms with Gasteiger partial charge in [-0.3, -0.25) is 9.97 Å². The number of allylic oxidation sites excluding steroid dienone is 1. The molecule has 7 rings (SSSR count). The number of alkyl halides is 2. The lowest BCUT2D eigenvalue weighted by atomic mass is 10.1. The van der Waals surface area contributed by atoms with Crippen molar-refractivity contribution in [3.05, 3.63) is 93.2 Å². The topological polar surface area (TPSA) is 86.0 Å². The van der Waals surface area contributed by atoms with Gasteiger partial charge in [0.25, 0.3) is 0 Å². The van der Waals surface area contributed by atoms with E-state index in [4.69, 9.17) is 39.5 Å². The van der Waals surface area contributed by atoms with E-state index in [2.05, 4.69) is 59.2 Å². The number of halogens is 4. The van der Waals surface area contributed by atoms with Crippen molar-refractivity contribution >= 4 is 80.1 Å². The summed E-state index contributed by atoms with van der Waals surface area (Å²) < 4.78 is 8.47. The van der Waals surface area contributed by atoms with E-state index in [9.17, 15) is 5.11 Å². The van der Waals surface area contributed by atoms with Gasteiger partial charge >= 0.3 is 0 Å². The molecule has 0 fully saturated rings. The van der Waals surface area contributed by atoms with Crippen molar-refractivity contribution in [3.8, 4) is 22.9 Å². The fourth-order valence-electron chi connectivity index (χ4n) is 4.55. The zero-order valence-corrected chi connectivity index (χ0v) is 25.9. The van der Waals surface area contributed by atoms with Crippen molar-refractivity contribution in [1.29, 1.82) is 0 Å². The van der Waals surface area contributed by atoms with Crippen LogP contribution in [-0.4, -0.2) is 33.5 Å². The molecule has 0 bridgehead atoms. The number of aromatic hydroxyl groups is 1. The van der Waals surface area contributed by atoms with E-state index in [1.54, 1.807) is 18.2 Å². The van der Waals surface area contributed by atoms with Gasteiger partial charge < -0.3 is 14.4 Å². The Morgan fingerprint density at radius 3 is 2.35 bits per heavy atom. The number of aromatic nitrogens is 5. The van der Waals surface area contributed by atoms with E-state index >= 15 is 0 Å². The zero-order chi connectivity index (χ0) is 28.4.